The minimum absolute atomic E-state index is 0.122. The molecular weight excluding hydrogens is 584 g/mol. The molecule has 1 saturated heterocycles. The van der Waals surface area contributed by atoms with E-state index < -0.39 is 62.3 Å². The van der Waals surface area contributed by atoms with Crippen molar-refractivity contribution < 1.29 is 42.5 Å². The highest BCUT2D eigenvalue weighted by atomic mass is 35.5. The van der Waals surface area contributed by atoms with Crippen LogP contribution in [-0.4, -0.2) is 67.3 Å². The molecule has 1 aliphatic rings. The number of carbonyl (C=O) groups is 1. The van der Waals surface area contributed by atoms with Crippen molar-refractivity contribution in [3.05, 3.63) is 47.6 Å². The van der Waals surface area contributed by atoms with Crippen LogP contribution in [0.1, 0.15) is 27.0 Å². The lowest BCUT2D eigenvalue weighted by Crippen LogP contribution is -2.46. The van der Waals surface area contributed by atoms with Gasteiger partial charge in [0.25, 0.3) is 0 Å². The molecule has 1 aromatic carbocycles. The number of ether oxygens (including phenoxy) is 2. The Kier molecular flexibility index (Phi) is 8.91. The maximum Gasteiger partial charge on any atom is 0.459 e. The number of hydrogen-bond donors (Lipinski definition) is 4. The van der Waals surface area contributed by atoms with Crippen molar-refractivity contribution in [2.45, 2.75) is 57.0 Å². The second-order valence-corrected chi connectivity index (χ2v) is 11.5. The van der Waals surface area contributed by atoms with Gasteiger partial charge in [-0.15, -0.1) is 6.42 Å². The lowest BCUT2D eigenvalue weighted by Gasteiger charge is -2.29. The number of aromatic nitrogens is 3. The van der Waals surface area contributed by atoms with Crippen LogP contribution < -0.4 is 15.3 Å². The van der Waals surface area contributed by atoms with Crippen molar-refractivity contribution in [1.82, 2.24) is 19.6 Å². The van der Waals surface area contributed by atoms with Crippen LogP contribution in [-0.2, 0) is 23.4 Å². The molecule has 3 heterocycles. The molecule has 1 fully saturated rings. The number of fused-ring (bicyclic) bond motifs is 1. The summed E-state index contributed by atoms with van der Waals surface area (Å²) in [5.41, 5.74) is 3.52. The third-order valence-electron chi connectivity index (χ3n) is 6.04. The number of nitrogens with two attached hydrogens (primary N) is 1. The van der Waals surface area contributed by atoms with Gasteiger partial charge in [0, 0.05) is 6.20 Å². The van der Waals surface area contributed by atoms with Crippen molar-refractivity contribution in [1.29, 1.82) is 0 Å². The minimum Gasteiger partial charge on any atom is -0.462 e. The fraction of sp³-hybridized carbons (Fsp3) is 0.400. The Bertz CT molecular complexity index is 1520. The molecule has 0 bridgehead atoms. The van der Waals surface area contributed by atoms with Crippen LogP contribution in [0.3, 0.4) is 0 Å². The van der Waals surface area contributed by atoms with Gasteiger partial charge in [-0.3, -0.25) is 9.32 Å². The minimum atomic E-state index is -4.43. The van der Waals surface area contributed by atoms with Crippen LogP contribution in [0.4, 0.5) is 10.2 Å². The summed E-state index contributed by atoms with van der Waals surface area (Å²) >= 11 is 5.89. The van der Waals surface area contributed by atoms with Gasteiger partial charge in [0.1, 0.15) is 36.4 Å². The van der Waals surface area contributed by atoms with Crippen LogP contribution in [0.15, 0.2) is 36.5 Å². The van der Waals surface area contributed by atoms with E-state index >= 15 is 0 Å². The Morgan fingerprint density at radius 3 is 2.66 bits per heavy atom. The first-order valence-corrected chi connectivity index (χ1v) is 14.2. The summed E-state index contributed by atoms with van der Waals surface area (Å²) in [6.07, 6.45) is 1.10. The van der Waals surface area contributed by atoms with Crippen LogP contribution >= 0.6 is 19.3 Å². The van der Waals surface area contributed by atoms with Crippen LogP contribution in [0.25, 0.3) is 11.0 Å². The van der Waals surface area contributed by atoms with E-state index in [1.807, 2.05) is 0 Å². The maximum absolute atomic E-state index is 14.7. The Morgan fingerprint density at radius 2 is 2.02 bits per heavy atom. The molecule has 1 aliphatic heterocycles. The predicted octanol–water partition coefficient (Wildman–Crippen LogP) is 2.56. The van der Waals surface area contributed by atoms with Gasteiger partial charge in [-0.25, -0.2) is 13.9 Å². The maximum atomic E-state index is 14.7. The molecule has 13 nitrogen and oxygen atoms in total. The highest BCUT2D eigenvalue weighted by Crippen LogP contribution is 2.48. The SMILES string of the molecule is C#C[C@]1(CO[P@@](=O)(N[C@@H](C)C(=O)OC(C)C)Oc2ccccc2)O[C@@H](n2cc(F)c3c(N)nc(Cl)nc32)[C@@H](O)C1O. The smallest absolute Gasteiger partial charge is 0.459 e. The number of anilines is 1. The van der Waals surface area contributed by atoms with E-state index in [0.29, 0.717) is 0 Å². The normalized spacial score (nSPS) is 24.6. The summed E-state index contributed by atoms with van der Waals surface area (Å²) < 4.78 is 51.8. The number of aliphatic hydroxyl groups is 2. The van der Waals surface area contributed by atoms with Crippen LogP contribution in [0, 0.1) is 18.2 Å². The number of para-hydroxylation sites is 1. The van der Waals surface area contributed by atoms with Gasteiger partial charge in [0.15, 0.2) is 23.3 Å². The molecule has 41 heavy (non-hydrogen) atoms. The number of benzene rings is 1. The van der Waals surface area contributed by atoms with Crippen LogP contribution in [0.5, 0.6) is 5.75 Å². The Balaban J connectivity index is 1.63. The van der Waals surface area contributed by atoms with Gasteiger partial charge in [-0.2, -0.15) is 10.1 Å². The molecule has 0 amide bonds. The zero-order chi connectivity index (χ0) is 30.1. The number of esters is 1. The predicted molar refractivity (Wildman–Crippen MR) is 145 cm³/mol. The highest BCUT2D eigenvalue weighted by Gasteiger charge is 2.56. The molecule has 3 aromatic rings. The van der Waals surface area contributed by atoms with Gasteiger partial charge < -0.3 is 34.5 Å². The van der Waals surface area contributed by atoms with Gasteiger partial charge in [-0.1, -0.05) is 24.1 Å². The van der Waals surface area contributed by atoms with Gasteiger partial charge in [0.05, 0.1) is 11.5 Å². The fourth-order valence-electron chi connectivity index (χ4n) is 4.10. The quantitative estimate of drug-likeness (QED) is 0.114. The summed E-state index contributed by atoms with van der Waals surface area (Å²) in [5, 5.41) is 23.9. The fourth-order valence-corrected chi connectivity index (χ4v) is 5.79. The molecule has 2 aromatic heterocycles. The van der Waals surface area contributed by atoms with E-state index in [4.69, 9.17) is 42.3 Å². The van der Waals surface area contributed by atoms with E-state index in [0.717, 1.165) is 10.8 Å². The van der Waals surface area contributed by atoms with Crippen molar-refractivity contribution >= 4 is 42.2 Å². The summed E-state index contributed by atoms with van der Waals surface area (Å²) in [5.74, 6) is 0.512. The topological polar surface area (TPSA) is 180 Å². The summed E-state index contributed by atoms with van der Waals surface area (Å²) in [6, 6.07) is 6.77. The first-order chi connectivity index (χ1) is 19.3. The molecule has 1 unspecified atom stereocenters. The largest absolute Gasteiger partial charge is 0.462 e. The molecule has 0 saturated carbocycles. The molecule has 4 rings (SSSR count). The van der Waals surface area contributed by atoms with Gasteiger partial charge >= 0.3 is 13.7 Å². The number of aliphatic hydroxyl groups excluding tert-OH is 2. The lowest BCUT2D eigenvalue weighted by atomic mass is 9.97. The lowest BCUT2D eigenvalue weighted by molar-refractivity contribution is -0.149. The van der Waals surface area contributed by atoms with Crippen molar-refractivity contribution in [3.63, 3.8) is 0 Å². The van der Waals surface area contributed by atoms with Crippen molar-refractivity contribution in [2.75, 3.05) is 12.3 Å². The van der Waals surface area contributed by atoms with Crippen LogP contribution in [0.2, 0.25) is 5.28 Å². The average molecular weight is 612 g/mol. The second kappa shape index (κ2) is 11.9. The number of hydrogen-bond acceptors (Lipinski definition) is 11. The number of terminal acetylenes is 1. The number of nitrogens with zero attached hydrogens (tertiary/aromatic N) is 3. The molecule has 16 heteroatoms. The van der Waals surface area contributed by atoms with E-state index in [-0.39, 0.29) is 27.9 Å². The Hall–Kier alpha value is -3.28. The van der Waals surface area contributed by atoms with E-state index in [9.17, 15) is 24.0 Å². The molecular formula is C25H28ClFN5O8P. The second-order valence-electron chi connectivity index (χ2n) is 9.45. The first kappa shape index (κ1) is 30.7. The number of carbonyl (C=O) groups excluding carboxylic acids is 1. The van der Waals surface area contributed by atoms with E-state index in [1.54, 1.807) is 32.0 Å². The molecule has 0 aliphatic carbocycles. The van der Waals surface area contributed by atoms with Gasteiger partial charge in [0.2, 0.25) is 5.28 Å². The van der Waals surface area contributed by atoms with E-state index in [2.05, 4.69) is 21.0 Å². The van der Waals surface area contributed by atoms with E-state index in [1.165, 1.54) is 19.1 Å². The summed E-state index contributed by atoms with van der Waals surface area (Å²) in [4.78, 5) is 20.1. The molecule has 0 radical (unpaired) electrons. The summed E-state index contributed by atoms with van der Waals surface area (Å²) in [6.45, 7) is 3.87. The summed E-state index contributed by atoms with van der Waals surface area (Å²) in [7, 11) is -4.43. The monoisotopic (exact) mass is 611 g/mol. The van der Waals surface area contributed by atoms with Gasteiger partial charge in [-0.05, 0) is 44.5 Å². The first-order valence-electron chi connectivity index (χ1n) is 12.3. The molecule has 0 spiro atoms. The standard InChI is InChI=1S/C25H28ClFN5O8P/c1-5-25(12-37-41(36,40-15-9-7-6-8-10-15)31-14(4)23(35)38-13(2)3)19(34)18(33)22(39-25)32-11-16(27)17-20(28)29-24(26)30-21(17)32/h1,6-11,13-14,18-19,22,33-34H,12H2,2-4H3,(H,31,36)(H2,28,29,30)/t14-,18-,19?,22+,25+,41-/m0/s1. The third-order valence-corrected chi connectivity index (χ3v) is 7.84. The zero-order valence-corrected chi connectivity index (χ0v) is 23.8. The van der Waals surface area contributed by atoms with Crippen molar-refractivity contribution in [3.8, 4) is 18.1 Å². The van der Waals surface area contributed by atoms with Crippen molar-refractivity contribution in [2.24, 2.45) is 0 Å². The highest BCUT2D eigenvalue weighted by molar-refractivity contribution is 7.52. The Labute approximate surface area is 239 Å². The number of nitrogen functional groups attached to an aromatic ring is 1. The number of nitrogens with one attached hydrogen (secondary N) is 1. The number of rotatable bonds is 10. The average Bonchev–Trinajstić information content (AvgIpc) is 3.36. The third kappa shape index (κ3) is 6.32. The Morgan fingerprint density at radius 1 is 1.34 bits per heavy atom. The molecule has 5 N–H and O–H groups in total. The zero-order valence-electron chi connectivity index (χ0n) is 22.1. The number of halogens is 2. The molecule has 220 valence electrons. The molecule has 6 atom stereocenters.